The molecule has 160 valence electrons. The third kappa shape index (κ3) is 6.09. The quantitative estimate of drug-likeness (QED) is 0.664. The summed E-state index contributed by atoms with van der Waals surface area (Å²) >= 11 is 18.2. The monoisotopic (exact) mass is 468 g/mol. The van der Waals surface area contributed by atoms with Gasteiger partial charge >= 0.3 is 0 Å². The molecule has 0 saturated carbocycles. The average Bonchev–Trinajstić information content (AvgIpc) is 2.72. The van der Waals surface area contributed by atoms with Crippen molar-refractivity contribution in [3.05, 3.63) is 57.5 Å². The average molecular weight is 470 g/mol. The summed E-state index contributed by atoms with van der Waals surface area (Å²) in [6.07, 6.45) is 0. The first-order chi connectivity index (χ1) is 14.3. The van der Waals surface area contributed by atoms with Crippen LogP contribution in [-0.4, -0.2) is 60.4 Å². The maximum Gasteiger partial charge on any atom is 0.241 e. The van der Waals surface area contributed by atoms with E-state index in [9.17, 15) is 9.59 Å². The van der Waals surface area contributed by atoms with E-state index in [1.807, 2.05) is 19.1 Å². The Morgan fingerprint density at radius 2 is 1.60 bits per heavy atom. The smallest absolute Gasteiger partial charge is 0.241 e. The van der Waals surface area contributed by atoms with Crippen LogP contribution >= 0.6 is 34.8 Å². The first kappa shape index (κ1) is 22.8. The third-order valence-corrected chi connectivity index (χ3v) is 5.93. The van der Waals surface area contributed by atoms with Gasteiger partial charge in [-0.15, -0.1) is 0 Å². The van der Waals surface area contributed by atoms with Crippen molar-refractivity contribution in [2.75, 3.05) is 43.4 Å². The van der Waals surface area contributed by atoms with Crippen LogP contribution in [-0.2, 0) is 9.59 Å². The molecule has 2 aromatic carbocycles. The van der Waals surface area contributed by atoms with E-state index in [2.05, 4.69) is 20.4 Å². The van der Waals surface area contributed by atoms with E-state index < -0.39 is 0 Å². The van der Waals surface area contributed by atoms with Gasteiger partial charge in [0.25, 0.3) is 0 Å². The number of anilines is 2. The highest BCUT2D eigenvalue weighted by molar-refractivity contribution is 6.35. The molecule has 9 heteroatoms. The minimum absolute atomic E-state index is 0.113. The third-order valence-electron chi connectivity index (χ3n) is 5.04. The highest BCUT2D eigenvalue weighted by Crippen LogP contribution is 2.26. The van der Waals surface area contributed by atoms with Crippen LogP contribution in [0.3, 0.4) is 0 Å². The standard InChI is InChI=1S/C21H23Cl3N4O2/c1-14(21(30)26-19-12-15(22)6-7-17(19)24)28-10-8-27(9-11-28)13-20(29)25-18-5-3-2-4-16(18)23/h2-7,12,14H,8-11,13H2,1H3,(H,25,29)(H,26,30). The molecule has 1 saturated heterocycles. The fourth-order valence-electron chi connectivity index (χ4n) is 3.26. The van der Waals surface area contributed by atoms with Crippen LogP contribution < -0.4 is 10.6 Å². The lowest BCUT2D eigenvalue weighted by atomic mass is 10.2. The molecule has 1 aliphatic heterocycles. The van der Waals surface area contributed by atoms with Gasteiger partial charge in [-0.05, 0) is 37.3 Å². The first-order valence-electron chi connectivity index (χ1n) is 9.60. The summed E-state index contributed by atoms with van der Waals surface area (Å²) in [5.41, 5.74) is 1.10. The van der Waals surface area contributed by atoms with E-state index in [0.29, 0.717) is 52.6 Å². The fourth-order valence-corrected chi connectivity index (χ4v) is 3.78. The molecular weight excluding hydrogens is 447 g/mol. The van der Waals surface area contributed by atoms with Crippen LogP contribution in [0.1, 0.15) is 6.92 Å². The number of amides is 2. The lowest BCUT2D eigenvalue weighted by molar-refractivity contribution is -0.122. The lowest BCUT2D eigenvalue weighted by Crippen LogP contribution is -2.53. The van der Waals surface area contributed by atoms with Gasteiger partial charge in [0.05, 0.1) is 34.0 Å². The zero-order chi connectivity index (χ0) is 21.7. The first-order valence-corrected chi connectivity index (χ1v) is 10.7. The second kappa shape index (κ2) is 10.5. The number of rotatable bonds is 6. The number of hydrogen-bond acceptors (Lipinski definition) is 4. The van der Waals surface area contributed by atoms with Crippen molar-refractivity contribution in [2.45, 2.75) is 13.0 Å². The molecule has 6 nitrogen and oxygen atoms in total. The summed E-state index contributed by atoms with van der Waals surface area (Å²) < 4.78 is 0. The Kier molecular flexibility index (Phi) is 7.97. The highest BCUT2D eigenvalue weighted by Gasteiger charge is 2.26. The molecule has 1 unspecified atom stereocenters. The fraction of sp³-hybridized carbons (Fsp3) is 0.333. The molecule has 2 N–H and O–H groups in total. The van der Waals surface area contributed by atoms with E-state index in [1.165, 1.54) is 0 Å². The normalized spacial score (nSPS) is 16.1. The second-order valence-corrected chi connectivity index (χ2v) is 8.38. The predicted octanol–water partition coefficient (Wildman–Crippen LogP) is 4.23. The Balaban J connectivity index is 1.47. The molecule has 0 bridgehead atoms. The number of nitrogens with one attached hydrogen (secondary N) is 2. The highest BCUT2D eigenvalue weighted by atomic mass is 35.5. The van der Waals surface area contributed by atoms with Crippen molar-refractivity contribution < 1.29 is 9.59 Å². The largest absolute Gasteiger partial charge is 0.324 e. The van der Waals surface area contributed by atoms with E-state index in [4.69, 9.17) is 34.8 Å². The van der Waals surface area contributed by atoms with Crippen LogP contribution in [0.2, 0.25) is 15.1 Å². The van der Waals surface area contributed by atoms with Gasteiger partial charge in [-0.2, -0.15) is 0 Å². The Morgan fingerprint density at radius 3 is 2.30 bits per heavy atom. The molecular formula is C21H23Cl3N4O2. The molecule has 1 heterocycles. The SMILES string of the molecule is CC(C(=O)Nc1cc(Cl)ccc1Cl)N1CCN(CC(=O)Nc2ccccc2Cl)CC1. The van der Waals surface area contributed by atoms with Crippen molar-refractivity contribution in [1.29, 1.82) is 0 Å². The maximum absolute atomic E-state index is 12.6. The molecule has 0 spiro atoms. The number of benzene rings is 2. The molecule has 0 aliphatic carbocycles. The number of para-hydroxylation sites is 1. The number of carbonyl (C=O) groups excluding carboxylic acids is 2. The van der Waals surface area contributed by atoms with Crippen LogP contribution in [0.25, 0.3) is 0 Å². The zero-order valence-corrected chi connectivity index (χ0v) is 18.8. The summed E-state index contributed by atoms with van der Waals surface area (Å²) in [6.45, 7) is 4.86. The summed E-state index contributed by atoms with van der Waals surface area (Å²) in [5, 5.41) is 7.12. The van der Waals surface area contributed by atoms with Gasteiger partial charge in [-0.1, -0.05) is 46.9 Å². The lowest BCUT2D eigenvalue weighted by Gasteiger charge is -2.37. The minimum Gasteiger partial charge on any atom is -0.324 e. The van der Waals surface area contributed by atoms with E-state index in [-0.39, 0.29) is 24.4 Å². The summed E-state index contributed by atoms with van der Waals surface area (Å²) in [6, 6.07) is 11.8. The number of hydrogen-bond donors (Lipinski definition) is 2. The molecule has 1 aliphatic rings. The Hall–Kier alpha value is -1.83. The van der Waals surface area contributed by atoms with Crippen LogP contribution in [0, 0.1) is 0 Å². The second-order valence-electron chi connectivity index (χ2n) is 7.13. The van der Waals surface area contributed by atoms with E-state index in [0.717, 1.165) is 0 Å². The molecule has 2 aromatic rings. The molecule has 30 heavy (non-hydrogen) atoms. The van der Waals surface area contributed by atoms with Crippen molar-refractivity contribution in [1.82, 2.24) is 9.80 Å². The molecule has 3 rings (SSSR count). The van der Waals surface area contributed by atoms with Gasteiger partial charge in [0, 0.05) is 31.2 Å². The van der Waals surface area contributed by atoms with Gasteiger partial charge in [0.15, 0.2) is 0 Å². The Labute approximate surface area is 191 Å². The van der Waals surface area contributed by atoms with Gasteiger partial charge in [-0.25, -0.2) is 0 Å². The maximum atomic E-state index is 12.6. The van der Waals surface area contributed by atoms with Crippen molar-refractivity contribution in [2.24, 2.45) is 0 Å². The number of halogens is 3. The van der Waals surface area contributed by atoms with Gasteiger partial charge < -0.3 is 10.6 Å². The molecule has 1 atom stereocenters. The number of carbonyl (C=O) groups is 2. The summed E-state index contributed by atoms with van der Waals surface area (Å²) in [4.78, 5) is 29.1. The van der Waals surface area contributed by atoms with Gasteiger partial charge in [-0.3, -0.25) is 19.4 Å². The van der Waals surface area contributed by atoms with Gasteiger partial charge in [0.2, 0.25) is 11.8 Å². The minimum atomic E-state index is -0.334. The number of piperazine rings is 1. The van der Waals surface area contributed by atoms with Crippen molar-refractivity contribution in [3.63, 3.8) is 0 Å². The Bertz CT molecular complexity index is 917. The van der Waals surface area contributed by atoms with Crippen LogP contribution in [0.5, 0.6) is 0 Å². The van der Waals surface area contributed by atoms with Crippen LogP contribution in [0.15, 0.2) is 42.5 Å². The zero-order valence-electron chi connectivity index (χ0n) is 16.5. The summed E-state index contributed by atoms with van der Waals surface area (Å²) in [7, 11) is 0. The Morgan fingerprint density at radius 1 is 0.933 bits per heavy atom. The van der Waals surface area contributed by atoms with E-state index in [1.54, 1.807) is 30.3 Å². The molecule has 1 fully saturated rings. The van der Waals surface area contributed by atoms with Crippen LogP contribution in [0.4, 0.5) is 11.4 Å². The van der Waals surface area contributed by atoms with E-state index >= 15 is 0 Å². The molecule has 0 aromatic heterocycles. The van der Waals surface area contributed by atoms with Crippen molar-refractivity contribution >= 4 is 58.0 Å². The van der Waals surface area contributed by atoms with Gasteiger partial charge in [0.1, 0.15) is 0 Å². The number of nitrogens with zero attached hydrogens (tertiary/aromatic N) is 2. The van der Waals surface area contributed by atoms with Crippen molar-refractivity contribution in [3.8, 4) is 0 Å². The molecule has 0 radical (unpaired) electrons. The summed E-state index contributed by atoms with van der Waals surface area (Å²) in [5.74, 6) is -0.262. The predicted molar refractivity (Wildman–Crippen MR) is 123 cm³/mol. The topological polar surface area (TPSA) is 64.7 Å². The molecule has 2 amide bonds.